The predicted molar refractivity (Wildman–Crippen MR) is 45.1 cm³/mol. The highest BCUT2D eigenvalue weighted by molar-refractivity contribution is 6.11. The van der Waals surface area contributed by atoms with Crippen LogP contribution < -0.4 is 0 Å². The van der Waals surface area contributed by atoms with Crippen molar-refractivity contribution in [2.24, 2.45) is 5.92 Å². The summed E-state index contributed by atoms with van der Waals surface area (Å²) in [7, 11) is 7.04. The highest BCUT2D eigenvalue weighted by Gasteiger charge is 2.68. The molecule has 72 valence electrons. The van der Waals surface area contributed by atoms with E-state index < -0.39 is 17.4 Å². The molecule has 1 saturated carbocycles. The van der Waals surface area contributed by atoms with Gasteiger partial charge in [-0.05, 0) is 6.42 Å². The molecule has 1 saturated heterocycles. The molecule has 1 aliphatic carbocycles. The van der Waals surface area contributed by atoms with Gasteiger partial charge in [0.05, 0.1) is 6.61 Å². The molecule has 2 radical (unpaired) electrons. The summed E-state index contributed by atoms with van der Waals surface area (Å²) in [5, 5.41) is 19.0. The van der Waals surface area contributed by atoms with Gasteiger partial charge in [-0.15, -0.1) is 0 Å². The van der Waals surface area contributed by atoms with Gasteiger partial charge in [0.2, 0.25) is 0 Å². The molecule has 2 fully saturated rings. The van der Waals surface area contributed by atoms with Crippen LogP contribution in [0.5, 0.6) is 0 Å². The van der Waals surface area contributed by atoms with Gasteiger partial charge in [-0.25, -0.2) is 0 Å². The van der Waals surface area contributed by atoms with E-state index in [-0.39, 0.29) is 12.5 Å². The fraction of sp³-hybridized carbons (Fsp3) is 1.00. The van der Waals surface area contributed by atoms with Crippen molar-refractivity contribution in [3.63, 3.8) is 0 Å². The highest BCUT2D eigenvalue weighted by Crippen LogP contribution is 2.56. The minimum Gasteiger partial charge on any atom is -0.393 e. The summed E-state index contributed by atoms with van der Waals surface area (Å²) in [6.45, 7) is -0.114. The Hall–Kier alpha value is -0.0951. The van der Waals surface area contributed by atoms with E-state index in [2.05, 4.69) is 0 Å². The first kappa shape index (κ1) is 9.46. The third kappa shape index (κ3) is 1.08. The molecule has 0 amide bonds. The van der Waals surface area contributed by atoms with Crippen LogP contribution in [0.1, 0.15) is 12.8 Å². The largest absolute Gasteiger partial charge is 0.393 e. The summed E-state index contributed by atoms with van der Waals surface area (Å²) < 4.78 is 10.4. The normalized spacial score (nSPS) is 54.4. The molecular formula is C8H13BO4. The maximum absolute atomic E-state index is 9.83. The topological polar surface area (TPSA) is 58.9 Å². The number of hydrogen-bond donors (Lipinski definition) is 2. The molecule has 2 aliphatic rings. The lowest BCUT2D eigenvalue weighted by Crippen LogP contribution is -2.66. The monoisotopic (exact) mass is 184 g/mol. The minimum atomic E-state index is -1.16. The molecule has 2 N–H and O–H groups in total. The first-order valence-electron chi connectivity index (χ1n) is 4.38. The van der Waals surface area contributed by atoms with Crippen molar-refractivity contribution in [1.29, 1.82) is 0 Å². The maximum atomic E-state index is 9.83. The first-order chi connectivity index (χ1) is 6.06. The van der Waals surface area contributed by atoms with Gasteiger partial charge in [0.1, 0.15) is 13.4 Å². The van der Waals surface area contributed by atoms with Gasteiger partial charge in [0, 0.05) is 25.5 Å². The van der Waals surface area contributed by atoms with E-state index in [4.69, 9.17) is 22.4 Å². The zero-order valence-corrected chi connectivity index (χ0v) is 7.56. The van der Waals surface area contributed by atoms with Gasteiger partial charge in [-0.3, -0.25) is 0 Å². The molecule has 0 spiro atoms. The number of ether oxygens (including phenoxy) is 2. The molecule has 13 heavy (non-hydrogen) atoms. The van der Waals surface area contributed by atoms with Gasteiger partial charge in [0.25, 0.3) is 0 Å². The summed E-state index contributed by atoms with van der Waals surface area (Å²) in [5.74, 6) is -1.36. The lowest BCUT2D eigenvalue weighted by atomic mass is 9.63. The fourth-order valence-corrected chi connectivity index (χ4v) is 2.48. The maximum Gasteiger partial charge on any atom is 0.173 e. The van der Waals surface area contributed by atoms with Gasteiger partial charge >= 0.3 is 0 Å². The van der Waals surface area contributed by atoms with E-state index in [9.17, 15) is 5.11 Å². The zero-order valence-electron chi connectivity index (χ0n) is 7.56. The smallest absolute Gasteiger partial charge is 0.173 e. The molecule has 2 rings (SSSR count). The third-order valence-electron chi connectivity index (χ3n) is 3.21. The second-order valence-corrected chi connectivity index (χ2v) is 3.89. The van der Waals surface area contributed by atoms with Crippen LogP contribution in [-0.2, 0) is 9.47 Å². The molecule has 2 unspecified atom stereocenters. The van der Waals surface area contributed by atoms with E-state index in [0.29, 0.717) is 12.8 Å². The average molecular weight is 184 g/mol. The number of rotatable bonds is 2. The third-order valence-corrected chi connectivity index (χ3v) is 3.21. The van der Waals surface area contributed by atoms with E-state index in [1.54, 1.807) is 0 Å². The number of aliphatic hydroxyl groups is 2. The number of hydrogen-bond acceptors (Lipinski definition) is 4. The second-order valence-electron chi connectivity index (χ2n) is 3.89. The zero-order chi connectivity index (χ0) is 9.69. The Balaban J connectivity index is 2.17. The van der Waals surface area contributed by atoms with Crippen molar-refractivity contribution in [1.82, 2.24) is 0 Å². The number of fused-ring (bicyclic) bond motifs is 1. The van der Waals surface area contributed by atoms with E-state index in [1.165, 1.54) is 7.11 Å². The van der Waals surface area contributed by atoms with Gasteiger partial charge in [-0.2, -0.15) is 0 Å². The molecule has 0 bridgehead atoms. The average Bonchev–Trinajstić information content (AvgIpc) is 2.39. The van der Waals surface area contributed by atoms with Crippen LogP contribution >= 0.6 is 0 Å². The Morgan fingerprint density at radius 3 is 2.92 bits per heavy atom. The molecule has 1 aliphatic heterocycles. The van der Waals surface area contributed by atoms with Crippen LogP contribution in [0.25, 0.3) is 0 Å². The van der Waals surface area contributed by atoms with Crippen LogP contribution in [0.15, 0.2) is 0 Å². The number of methoxy groups -OCH3 is 1. The Morgan fingerprint density at radius 1 is 1.69 bits per heavy atom. The summed E-state index contributed by atoms with van der Waals surface area (Å²) in [6.07, 6.45) is 0.830. The second kappa shape index (κ2) is 2.70. The quantitative estimate of drug-likeness (QED) is 0.426. The highest BCUT2D eigenvalue weighted by atomic mass is 16.6. The molecule has 4 nitrogen and oxygen atoms in total. The van der Waals surface area contributed by atoms with Crippen molar-refractivity contribution >= 4 is 7.85 Å². The van der Waals surface area contributed by atoms with Crippen molar-refractivity contribution in [2.45, 2.75) is 30.2 Å². The van der Waals surface area contributed by atoms with Crippen LogP contribution in [-0.4, -0.2) is 49.2 Å². The Morgan fingerprint density at radius 2 is 2.38 bits per heavy atom. The Labute approximate surface area is 78.2 Å². The standard InChI is InChI=1S/C8H13BO4/c1-12-8(11)3-7(4-10)5(8)2-6(9)13-7/h5-6,10-11H,2-4H2,1H3/t5?,6-,7-,8?/m1/s1. The van der Waals surface area contributed by atoms with Crippen LogP contribution in [0.2, 0.25) is 0 Å². The summed E-state index contributed by atoms with van der Waals surface area (Å²) in [6, 6.07) is -0.402. The van der Waals surface area contributed by atoms with E-state index in [0.717, 1.165) is 0 Å². The summed E-state index contributed by atoms with van der Waals surface area (Å²) in [5.41, 5.74) is -0.663. The van der Waals surface area contributed by atoms with Gasteiger partial charge in [-0.1, -0.05) is 0 Å². The minimum absolute atomic E-state index is 0.114. The first-order valence-corrected chi connectivity index (χ1v) is 4.38. The molecular weight excluding hydrogens is 171 g/mol. The molecule has 5 heteroatoms. The SMILES string of the molecule is [B][C@H]1CC2C(O)(OC)C[C@]2(CO)O1. The lowest BCUT2D eigenvalue weighted by molar-refractivity contribution is -0.338. The van der Waals surface area contributed by atoms with Crippen molar-refractivity contribution in [2.75, 3.05) is 13.7 Å². The molecule has 1 heterocycles. The van der Waals surface area contributed by atoms with Gasteiger partial charge in [0.15, 0.2) is 5.79 Å². The van der Waals surface area contributed by atoms with Crippen LogP contribution in [0.4, 0.5) is 0 Å². The predicted octanol–water partition coefficient (Wildman–Crippen LogP) is -1.01. The van der Waals surface area contributed by atoms with Crippen molar-refractivity contribution in [3.8, 4) is 0 Å². The summed E-state index contributed by atoms with van der Waals surface area (Å²) >= 11 is 0. The Bertz CT molecular complexity index is 224. The van der Waals surface area contributed by atoms with Gasteiger partial charge < -0.3 is 19.7 Å². The van der Waals surface area contributed by atoms with Crippen molar-refractivity contribution < 1.29 is 19.7 Å². The van der Waals surface area contributed by atoms with Crippen LogP contribution in [0.3, 0.4) is 0 Å². The van der Waals surface area contributed by atoms with Crippen molar-refractivity contribution in [3.05, 3.63) is 0 Å². The fourth-order valence-electron chi connectivity index (χ4n) is 2.48. The molecule has 0 aromatic carbocycles. The lowest BCUT2D eigenvalue weighted by Gasteiger charge is -2.53. The number of aliphatic hydroxyl groups excluding tert-OH is 1. The molecule has 0 aromatic heterocycles. The molecule has 4 atom stereocenters. The molecule has 0 aromatic rings. The summed E-state index contributed by atoms with van der Waals surface area (Å²) in [4.78, 5) is 0. The van der Waals surface area contributed by atoms with E-state index >= 15 is 0 Å². The van der Waals surface area contributed by atoms with E-state index in [1.807, 2.05) is 0 Å². The Kier molecular flexibility index (Phi) is 1.96. The van der Waals surface area contributed by atoms with Crippen LogP contribution in [0, 0.1) is 5.92 Å².